The van der Waals surface area contributed by atoms with Crippen LogP contribution in [0.3, 0.4) is 0 Å². The van der Waals surface area contributed by atoms with Gasteiger partial charge in [-0.3, -0.25) is 9.89 Å². The predicted octanol–water partition coefficient (Wildman–Crippen LogP) is 4.21. The molecule has 1 aromatic heterocycles. The first-order chi connectivity index (χ1) is 13.6. The Morgan fingerprint density at radius 3 is 2.86 bits per heavy atom. The van der Waals surface area contributed by atoms with Gasteiger partial charge in [0.1, 0.15) is 0 Å². The van der Waals surface area contributed by atoms with Crippen LogP contribution >= 0.6 is 35.3 Å². The van der Waals surface area contributed by atoms with E-state index in [9.17, 15) is 0 Å². The summed E-state index contributed by atoms with van der Waals surface area (Å²) >= 11 is 1.88. The van der Waals surface area contributed by atoms with Gasteiger partial charge in [-0.1, -0.05) is 0 Å². The highest BCUT2D eigenvalue weighted by Crippen LogP contribution is 2.30. The van der Waals surface area contributed by atoms with E-state index in [2.05, 4.69) is 38.9 Å². The molecule has 0 fully saturated rings. The van der Waals surface area contributed by atoms with E-state index in [1.54, 1.807) is 19.0 Å². The zero-order valence-corrected chi connectivity index (χ0v) is 20.7. The molecule has 0 amide bonds. The van der Waals surface area contributed by atoms with Crippen molar-refractivity contribution in [1.29, 1.82) is 0 Å². The predicted molar refractivity (Wildman–Crippen MR) is 132 cm³/mol. The van der Waals surface area contributed by atoms with Gasteiger partial charge in [0.15, 0.2) is 17.5 Å². The number of hydrogen-bond acceptors (Lipinski definition) is 5. The number of nitrogens with zero attached hydrogens (tertiary/aromatic N) is 2. The van der Waals surface area contributed by atoms with E-state index in [-0.39, 0.29) is 24.0 Å². The Hall–Kier alpha value is -1.52. The van der Waals surface area contributed by atoms with E-state index in [0.717, 1.165) is 49.2 Å². The molecule has 1 unspecified atom stereocenters. The number of anilines is 1. The van der Waals surface area contributed by atoms with Crippen molar-refractivity contribution >= 4 is 47.0 Å². The summed E-state index contributed by atoms with van der Waals surface area (Å²) in [5.41, 5.74) is 2.39. The lowest BCUT2D eigenvalue weighted by molar-refractivity contribution is 0.193. The number of ether oxygens (including phenoxy) is 2. The summed E-state index contributed by atoms with van der Waals surface area (Å²) in [5, 5.41) is 8.98. The molecular formula is C21H31IN4O2S. The molecule has 8 heteroatoms. The van der Waals surface area contributed by atoms with Gasteiger partial charge in [-0.05, 0) is 49.4 Å². The Balaban J connectivity index is 0.00000300. The Bertz CT molecular complexity index is 812. The Kier molecular flexibility index (Phi) is 9.51. The molecule has 0 bridgehead atoms. The lowest BCUT2D eigenvalue weighted by atomic mass is 10.1. The number of nitrogens with one attached hydrogen (secondary N) is 2. The lowest BCUT2D eigenvalue weighted by Gasteiger charge is -2.32. The summed E-state index contributed by atoms with van der Waals surface area (Å²) in [7, 11) is 3.43. The van der Waals surface area contributed by atoms with E-state index in [4.69, 9.17) is 9.47 Å². The number of fused-ring (bicyclic) bond motifs is 1. The fourth-order valence-corrected chi connectivity index (χ4v) is 4.25. The number of halogens is 1. The molecule has 6 nitrogen and oxygen atoms in total. The van der Waals surface area contributed by atoms with Gasteiger partial charge >= 0.3 is 0 Å². The summed E-state index contributed by atoms with van der Waals surface area (Å²) in [6, 6.07) is 8.46. The van der Waals surface area contributed by atoms with Crippen molar-refractivity contribution in [2.45, 2.75) is 32.9 Å². The van der Waals surface area contributed by atoms with Gasteiger partial charge in [0.05, 0.1) is 13.7 Å². The number of methoxy groups -OCH3 is 1. The molecule has 0 spiro atoms. The minimum atomic E-state index is 0. The van der Waals surface area contributed by atoms with Crippen molar-refractivity contribution in [3.8, 4) is 11.5 Å². The molecule has 1 aliphatic heterocycles. The monoisotopic (exact) mass is 530 g/mol. The van der Waals surface area contributed by atoms with Gasteiger partial charge < -0.3 is 20.1 Å². The van der Waals surface area contributed by atoms with Crippen LogP contribution in [0.15, 0.2) is 34.6 Å². The average Bonchev–Trinajstić information content (AvgIpc) is 3.19. The molecule has 2 heterocycles. The third-order valence-electron chi connectivity index (χ3n) is 4.98. The van der Waals surface area contributed by atoms with E-state index in [1.165, 1.54) is 5.56 Å². The maximum atomic E-state index is 5.65. The van der Waals surface area contributed by atoms with E-state index < -0.39 is 0 Å². The summed E-state index contributed by atoms with van der Waals surface area (Å²) in [6.07, 6.45) is 1.15. The van der Waals surface area contributed by atoms with E-state index in [1.807, 2.05) is 36.5 Å². The van der Waals surface area contributed by atoms with Crippen LogP contribution < -0.4 is 20.1 Å². The maximum absolute atomic E-state index is 5.65. The van der Waals surface area contributed by atoms with Crippen molar-refractivity contribution in [3.05, 3.63) is 40.1 Å². The lowest BCUT2D eigenvalue weighted by Crippen LogP contribution is -2.45. The molecule has 29 heavy (non-hydrogen) atoms. The van der Waals surface area contributed by atoms with Crippen molar-refractivity contribution in [2.24, 2.45) is 4.99 Å². The van der Waals surface area contributed by atoms with Crippen molar-refractivity contribution in [1.82, 2.24) is 10.2 Å². The van der Waals surface area contributed by atoms with Crippen LogP contribution in [-0.2, 0) is 13.0 Å². The van der Waals surface area contributed by atoms with Gasteiger partial charge in [0, 0.05) is 49.4 Å². The molecule has 0 aliphatic carbocycles. The summed E-state index contributed by atoms with van der Waals surface area (Å²) in [5.74, 6) is 2.19. The largest absolute Gasteiger partial charge is 0.493 e. The SMILES string of the molecule is CCOc1cc(NC(=NC)NCC(C)N2CCc3sccc3C2)ccc1OC.I. The van der Waals surface area contributed by atoms with Crippen LogP contribution in [0.25, 0.3) is 0 Å². The number of benzene rings is 1. The minimum absolute atomic E-state index is 0. The Morgan fingerprint density at radius 1 is 1.31 bits per heavy atom. The van der Waals surface area contributed by atoms with Gasteiger partial charge in [-0.15, -0.1) is 35.3 Å². The van der Waals surface area contributed by atoms with Crippen molar-refractivity contribution < 1.29 is 9.47 Å². The highest BCUT2D eigenvalue weighted by atomic mass is 127. The van der Waals surface area contributed by atoms with Crippen molar-refractivity contribution in [3.63, 3.8) is 0 Å². The Labute approximate surface area is 194 Å². The van der Waals surface area contributed by atoms with Crippen LogP contribution in [0, 0.1) is 0 Å². The molecule has 1 atom stereocenters. The first-order valence-electron chi connectivity index (χ1n) is 9.72. The standard InChI is InChI=1S/C21H30N4O2S.HI/c1-5-27-19-12-17(6-7-18(19)26-4)24-21(22-3)23-13-15(2)25-10-8-20-16(14-25)9-11-28-20;/h6-7,9,11-12,15H,5,8,10,13-14H2,1-4H3,(H2,22,23,24);1H. The summed E-state index contributed by atoms with van der Waals surface area (Å²) < 4.78 is 11.0. The average molecular weight is 530 g/mol. The van der Waals surface area contributed by atoms with Gasteiger partial charge in [-0.2, -0.15) is 0 Å². The number of guanidine groups is 1. The normalized spacial score (nSPS) is 15.1. The number of thiophene rings is 1. The molecule has 0 radical (unpaired) electrons. The van der Waals surface area contributed by atoms with Crippen LogP contribution in [0.1, 0.15) is 24.3 Å². The first kappa shape index (κ1) is 23.8. The fourth-order valence-electron chi connectivity index (χ4n) is 3.36. The quantitative estimate of drug-likeness (QED) is 0.319. The molecule has 3 rings (SSSR count). The topological polar surface area (TPSA) is 58.1 Å². The molecule has 0 saturated heterocycles. The van der Waals surface area contributed by atoms with Crippen molar-refractivity contribution in [2.75, 3.05) is 39.2 Å². The minimum Gasteiger partial charge on any atom is -0.493 e. The summed E-state index contributed by atoms with van der Waals surface area (Å²) in [4.78, 5) is 8.42. The van der Waals surface area contributed by atoms with Crippen LogP contribution in [0.5, 0.6) is 11.5 Å². The first-order valence-corrected chi connectivity index (χ1v) is 10.6. The van der Waals surface area contributed by atoms with E-state index >= 15 is 0 Å². The number of rotatable bonds is 7. The second-order valence-corrected chi connectivity index (χ2v) is 7.82. The van der Waals surface area contributed by atoms with Crippen LogP contribution in [-0.4, -0.2) is 50.8 Å². The molecule has 160 valence electrons. The zero-order valence-electron chi connectivity index (χ0n) is 17.5. The number of hydrogen-bond donors (Lipinski definition) is 2. The third-order valence-corrected chi connectivity index (χ3v) is 6.00. The second-order valence-electron chi connectivity index (χ2n) is 6.82. The molecule has 1 aliphatic rings. The van der Waals surface area contributed by atoms with Crippen LogP contribution in [0.2, 0.25) is 0 Å². The molecule has 0 saturated carbocycles. The van der Waals surface area contributed by atoms with Gasteiger partial charge in [0.2, 0.25) is 0 Å². The van der Waals surface area contributed by atoms with Gasteiger partial charge in [-0.25, -0.2) is 0 Å². The third kappa shape index (κ3) is 6.23. The van der Waals surface area contributed by atoms with E-state index in [0.29, 0.717) is 12.6 Å². The fraction of sp³-hybridized carbons (Fsp3) is 0.476. The van der Waals surface area contributed by atoms with Crippen LogP contribution in [0.4, 0.5) is 5.69 Å². The highest BCUT2D eigenvalue weighted by molar-refractivity contribution is 14.0. The molecule has 2 aromatic rings. The Morgan fingerprint density at radius 2 is 2.14 bits per heavy atom. The highest BCUT2D eigenvalue weighted by Gasteiger charge is 2.21. The molecule has 1 aromatic carbocycles. The maximum Gasteiger partial charge on any atom is 0.195 e. The smallest absolute Gasteiger partial charge is 0.195 e. The second kappa shape index (κ2) is 11.6. The summed E-state index contributed by atoms with van der Waals surface area (Å²) in [6.45, 7) is 7.78. The van der Waals surface area contributed by atoms with Gasteiger partial charge in [0.25, 0.3) is 0 Å². The molecular weight excluding hydrogens is 499 g/mol. The molecule has 2 N–H and O–H groups in total. The number of aliphatic imine (C=N–C) groups is 1. The zero-order chi connectivity index (χ0) is 19.9.